The van der Waals surface area contributed by atoms with Crippen molar-refractivity contribution in [2.24, 2.45) is 5.92 Å². The number of hydrogen-bond acceptors (Lipinski definition) is 1. The van der Waals surface area contributed by atoms with E-state index in [1.165, 1.54) is 17.2 Å². The lowest BCUT2D eigenvalue weighted by molar-refractivity contribution is -0.121. The number of amides is 1. The molecule has 0 aliphatic rings. The maximum Gasteiger partial charge on any atom is 0.220 e. The van der Waals surface area contributed by atoms with Crippen molar-refractivity contribution in [3.8, 4) is 0 Å². The molecule has 3 aromatic carbocycles. The van der Waals surface area contributed by atoms with Gasteiger partial charge in [0, 0.05) is 42.5 Å². The Morgan fingerprint density at radius 3 is 2.38 bits per heavy atom. The van der Waals surface area contributed by atoms with Crippen LogP contribution in [0.4, 0.5) is 4.39 Å². The third-order valence-corrected chi connectivity index (χ3v) is 6.29. The number of carbonyl (C=O) groups is 1. The lowest BCUT2D eigenvalue weighted by atomic mass is 9.87. The second-order valence-corrected chi connectivity index (χ2v) is 9.69. The minimum atomic E-state index is -0.378. The first-order valence-corrected chi connectivity index (χ1v) is 12.0. The average Bonchev–Trinajstić information content (AvgIpc) is 3.17. The number of carbonyl (C=O) groups excluding carboxylic acids is 1. The van der Waals surface area contributed by atoms with E-state index < -0.39 is 0 Å². The van der Waals surface area contributed by atoms with Crippen molar-refractivity contribution in [3.63, 3.8) is 0 Å². The van der Waals surface area contributed by atoms with Crippen LogP contribution in [0.1, 0.15) is 54.0 Å². The molecule has 1 amide bonds. The van der Waals surface area contributed by atoms with Gasteiger partial charge in [-0.2, -0.15) is 0 Å². The van der Waals surface area contributed by atoms with Crippen LogP contribution in [-0.4, -0.2) is 17.0 Å². The van der Waals surface area contributed by atoms with E-state index in [0.29, 0.717) is 24.6 Å². The number of para-hydroxylation sites is 1. The molecule has 1 aromatic heterocycles. The largest absolute Gasteiger partial charge is 0.356 e. The van der Waals surface area contributed by atoms with E-state index in [2.05, 4.69) is 73.3 Å². The van der Waals surface area contributed by atoms with E-state index in [1.54, 1.807) is 6.07 Å². The van der Waals surface area contributed by atoms with Crippen LogP contribution in [0.25, 0.3) is 10.9 Å². The molecule has 1 atom stereocenters. The SMILES string of the molecule is Cc1ccc(Cn2cc([C@@H](CC(=O)NCC(C)C)c3cc(C)ccc3F)c3ccccc32)cc1. The van der Waals surface area contributed by atoms with Crippen molar-refractivity contribution in [1.29, 1.82) is 0 Å². The summed E-state index contributed by atoms with van der Waals surface area (Å²) in [5, 5.41) is 4.07. The third kappa shape index (κ3) is 5.39. The molecule has 0 aliphatic heterocycles. The van der Waals surface area contributed by atoms with Gasteiger partial charge < -0.3 is 9.88 Å². The van der Waals surface area contributed by atoms with Gasteiger partial charge in [-0.05, 0) is 48.6 Å². The number of hydrogen-bond donors (Lipinski definition) is 1. The normalized spacial score (nSPS) is 12.3. The van der Waals surface area contributed by atoms with Gasteiger partial charge in [0.15, 0.2) is 0 Å². The Kier molecular flexibility index (Phi) is 7.16. The van der Waals surface area contributed by atoms with Crippen LogP contribution in [0.2, 0.25) is 0 Å². The lowest BCUT2D eigenvalue weighted by Gasteiger charge is -2.19. The van der Waals surface area contributed by atoms with Crippen LogP contribution in [0.5, 0.6) is 0 Å². The van der Waals surface area contributed by atoms with E-state index in [9.17, 15) is 4.79 Å². The number of nitrogens with one attached hydrogen (secondary N) is 1. The second kappa shape index (κ2) is 10.3. The fourth-order valence-electron chi connectivity index (χ4n) is 4.47. The van der Waals surface area contributed by atoms with E-state index in [-0.39, 0.29) is 24.1 Å². The van der Waals surface area contributed by atoms with Gasteiger partial charge in [-0.3, -0.25) is 4.79 Å². The first-order valence-electron chi connectivity index (χ1n) is 12.0. The first kappa shape index (κ1) is 23.7. The van der Waals surface area contributed by atoms with Gasteiger partial charge in [0.2, 0.25) is 5.91 Å². The van der Waals surface area contributed by atoms with Gasteiger partial charge in [0.25, 0.3) is 0 Å². The number of benzene rings is 3. The summed E-state index contributed by atoms with van der Waals surface area (Å²) >= 11 is 0. The van der Waals surface area contributed by atoms with Crippen LogP contribution >= 0.6 is 0 Å². The van der Waals surface area contributed by atoms with Crippen LogP contribution < -0.4 is 5.32 Å². The highest BCUT2D eigenvalue weighted by atomic mass is 19.1. The molecule has 0 aliphatic carbocycles. The Balaban J connectivity index is 1.79. The smallest absolute Gasteiger partial charge is 0.220 e. The highest BCUT2D eigenvalue weighted by Gasteiger charge is 2.25. The summed E-state index contributed by atoms with van der Waals surface area (Å²) in [5.41, 5.74) is 6.03. The van der Waals surface area contributed by atoms with Gasteiger partial charge in [-0.1, -0.05) is 79.6 Å². The fourth-order valence-corrected chi connectivity index (χ4v) is 4.47. The zero-order valence-corrected chi connectivity index (χ0v) is 20.4. The van der Waals surface area contributed by atoms with Crippen LogP contribution in [-0.2, 0) is 11.3 Å². The van der Waals surface area contributed by atoms with Crippen LogP contribution in [0.3, 0.4) is 0 Å². The van der Waals surface area contributed by atoms with E-state index in [1.807, 2.05) is 25.1 Å². The number of nitrogens with zero attached hydrogens (tertiary/aromatic N) is 1. The highest BCUT2D eigenvalue weighted by Crippen LogP contribution is 2.36. The second-order valence-electron chi connectivity index (χ2n) is 9.69. The van der Waals surface area contributed by atoms with Crippen molar-refractivity contribution in [1.82, 2.24) is 9.88 Å². The molecule has 0 saturated carbocycles. The predicted molar refractivity (Wildman–Crippen MR) is 138 cm³/mol. The Morgan fingerprint density at radius 1 is 0.941 bits per heavy atom. The summed E-state index contributed by atoms with van der Waals surface area (Å²) in [4.78, 5) is 12.9. The zero-order valence-electron chi connectivity index (χ0n) is 20.4. The van der Waals surface area contributed by atoms with Gasteiger partial charge in [-0.15, -0.1) is 0 Å². The van der Waals surface area contributed by atoms with Gasteiger partial charge in [-0.25, -0.2) is 4.39 Å². The molecule has 4 aromatic rings. The number of aryl methyl sites for hydroxylation is 2. The van der Waals surface area contributed by atoms with Gasteiger partial charge >= 0.3 is 0 Å². The van der Waals surface area contributed by atoms with Crippen molar-refractivity contribution >= 4 is 16.8 Å². The molecule has 176 valence electrons. The molecule has 4 rings (SSSR count). The average molecular weight is 457 g/mol. The molecule has 34 heavy (non-hydrogen) atoms. The Hall–Kier alpha value is -3.40. The molecule has 0 radical (unpaired) electrons. The predicted octanol–water partition coefficient (Wildman–Crippen LogP) is 6.74. The molecule has 0 saturated heterocycles. The highest BCUT2D eigenvalue weighted by molar-refractivity contribution is 5.87. The summed E-state index contributed by atoms with van der Waals surface area (Å²) in [6.45, 7) is 9.49. The monoisotopic (exact) mass is 456 g/mol. The minimum absolute atomic E-state index is 0.0602. The topological polar surface area (TPSA) is 34.0 Å². The molecule has 4 heteroatoms. The van der Waals surface area contributed by atoms with E-state index in [4.69, 9.17) is 0 Å². The maximum absolute atomic E-state index is 15.1. The van der Waals surface area contributed by atoms with Gasteiger partial charge in [0.05, 0.1) is 0 Å². The fraction of sp³-hybridized carbons (Fsp3) is 0.300. The maximum atomic E-state index is 15.1. The zero-order chi connectivity index (χ0) is 24.2. The molecule has 1 N–H and O–H groups in total. The molecule has 1 heterocycles. The third-order valence-electron chi connectivity index (χ3n) is 6.29. The molecular weight excluding hydrogens is 423 g/mol. The first-order chi connectivity index (χ1) is 16.3. The molecule has 0 fully saturated rings. The van der Waals surface area contributed by atoms with Crippen LogP contribution in [0.15, 0.2) is 72.9 Å². The van der Waals surface area contributed by atoms with Gasteiger partial charge in [0.1, 0.15) is 5.82 Å². The lowest BCUT2D eigenvalue weighted by Crippen LogP contribution is -2.29. The van der Waals surface area contributed by atoms with Crippen molar-refractivity contribution in [2.45, 2.75) is 46.6 Å². The summed E-state index contributed by atoms with van der Waals surface area (Å²) in [5.74, 6) is -0.358. The summed E-state index contributed by atoms with van der Waals surface area (Å²) < 4.78 is 17.3. The summed E-state index contributed by atoms with van der Waals surface area (Å²) in [7, 11) is 0. The number of halogens is 1. The van der Waals surface area contributed by atoms with Crippen LogP contribution in [0, 0.1) is 25.6 Å². The molecule has 0 unspecified atom stereocenters. The minimum Gasteiger partial charge on any atom is -0.356 e. The molecular formula is C30H33FN2O. The quantitative estimate of drug-likeness (QED) is 0.313. The van der Waals surface area contributed by atoms with Crippen molar-refractivity contribution in [3.05, 3.63) is 107 Å². The molecule has 0 spiro atoms. The summed E-state index contributed by atoms with van der Waals surface area (Å²) in [6.07, 6.45) is 2.30. The Bertz CT molecular complexity index is 1290. The number of rotatable bonds is 8. The van der Waals surface area contributed by atoms with Crippen molar-refractivity contribution < 1.29 is 9.18 Å². The standard InChI is InChI=1S/C30H33FN2O/c1-20(2)17-32-30(34)16-25(26-15-22(4)11-14-28(26)31)27-19-33(29-8-6-5-7-24(27)29)18-23-12-9-21(3)10-13-23/h5-15,19-20,25H,16-18H2,1-4H3,(H,32,34)/t25-/m0/s1. The summed E-state index contributed by atoms with van der Waals surface area (Å²) in [6, 6.07) is 21.9. The Labute approximate surface area is 201 Å². The van der Waals surface area contributed by atoms with Crippen molar-refractivity contribution in [2.75, 3.05) is 6.54 Å². The number of fused-ring (bicyclic) bond motifs is 1. The molecule has 3 nitrogen and oxygen atoms in total. The number of aromatic nitrogens is 1. The van der Waals surface area contributed by atoms with E-state index in [0.717, 1.165) is 22.0 Å². The Morgan fingerprint density at radius 2 is 1.65 bits per heavy atom. The van der Waals surface area contributed by atoms with E-state index >= 15 is 4.39 Å². The molecule has 0 bridgehead atoms.